The second-order valence-electron chi connectivity index (χ2n) is 7.22. The fourth-order valence-corrected chi connectivity index (χ4v) is 3.21. The lowest BCUT2D eigenvalue weighted by molar-refractivity contribution is -0.0795. The molecule has 0 radical (unpaired) electrons. The molecule has 0 bridgehead atoms. The molecule has 1 atom stereocenters. The van der Waals surface area contributed by atoms with Crippen LogP contribution in [0, 0.1) is 0 Å². The average molecular weight is 283 g/mol. The van der Waals surface area contributed by atoms with E-state index in [1.165, 1.54) is 12.8 Å². The maximum atomic E-state index is 12.0. The molecule has 2 fully saturated rings. The van der Waals surface area contributed by atoms with Crippen LogP contribution in [0.25, 0.3) is 0 Å². The van der Waals surface area contributed by atoms with Crippen molar-refractivity contribution in [3.05, 3.63) is 0 Å². The third-order valence-corrected chi connectivity index (χ3v) is 4.28. The van der Waals surface area contributed by atoms with Gasteiger partial charge in [0.1, 0.15) is 5.60 Å². The Morgan fingerprint density at radius 1 is 1.30 bits per heavy atom. The number of nitrogens with zero attached hydrogens (tertiary/aromatic N) is 1. The molecule has 1 unspecified atom stereocenters. The molecule has 0 aromatic heterocycles. The van der Waals surface area contributed by atoms with Crippen LogP contribution in [-0.2, 0) is 9.47 Å². The van der Waals surface area contributed by atoms with Crippen LogP contribution in [0.4, 0.5) is 4.79 Å². The molecule has 4 heteroatoms. The molecule has 0 aliphatic carbocycles. The standard InChI is InChI=1S/C16H29NO3/c1-5-6-13-7-8-16(19-13)9-11-17(12-10-16)14(18)20-15(2,3)4/h13H,5-12H2,1-4H3. The number of ether oxygens (including phenoxy) is 2. The van der Waals surface area contributed by atoms with Gasteiger partial charge in [0, 0.05) is 13.1 Å². The Morgan fingerprint density at radius 2 is 1.95 bits per heavy atom. The van der Waals surface area contributed by atoms with Crippen LogP contribution in [0.2, 0.25) is 0 Å². The predicted molar refractivity (Wildman–Crippen MR) is 78.8 cm³/mol. The van der Waals surface area contributed by atoms with Gasteiger partial charge in [-0.2, -0.15) is 0 Å². The molecular weight excluding hydrogens is 254 g/mol. The molecule has 0 saturated carbocycles. The van der Waals surface area contributed by atoms with Gasteiger partial charge in [0.05, 0.1) is 11.7 Å². The maximum Gasteiger partial charge on any atom is 0.410 e. The Bertz CT molecular complexity index is 340. The first-order valence-corrected chi connectivity index (χ1v) is 7.99. The highest BCUT2D eigenvalue weighted by atomic mass is 16.6. The van der Waals surface area contributed by atoms with Gasteiger partial charge in [-0.3, -0.25) is 0 Å². The number of amides is 1. The zero-order valence-electron chi connectivity index (χ0n) is 13.4. The summed E-state index contributed by atoms with van der Waals surface area (Å²) in [6.07, 6.45) is 6.84. The summed E-state index contributed by atoms with van der Waals surface area (Å²) in [6, 6.07) is 0. The molecule has 2 heterocycles. The van der Waals surface area contributed by atoms with Gasteiger partial charge in [-0.25, -0.2) is 4.79 Å². The van der Waals surface area contributed by atoms with Gasteiger partial charge >= 0.3 is 6.09 Å². The Labute approximate surface area is 122 Å². The van der Waals surface area contributed by atoms with Crippen molar-refractivity contribution in [3.8, 4) is 0 Å². The summed E-state index contributed by atoms with van der Waals surface area (Å²) >= 11 is 0. The first kappa shape index (κ1) is 15.6. The normalized spacial score (nSPS) is 26.0. The van der Waals surface area contributed by atoms with E-state index in [2.05, 4.69) is 6.92 Å². The van der Waals surface area contributed by atoms with Crippen molar-refractivity contribution < 1.29 is 14.3 Å². The fourth-order valence-electron chi connectivity index (χ4n) is 3.21. The van der Waals surface area contributed by atoms with Crippen LogP contribution in [0.1, 0.15) is 66.2 Å². The van der Waals surface area contributed by atoms with Crippen LogP contribution in [0.3, 0.4) is 0 Å². The van der Waals surface area contributed by atoms with Gasteiger partial charge < -0.3 is 14.4 Å². The first-order chi connectivity index (χ1) is 9.34. The molecular formula is C16H29NO3. The van der Waals surface area contributed by atoms with E-state index >= 15 is 0 Å². The van der Waals surface area contributed by atoms with Gasteiger partial charge in [0.25, 0.3) is 0 Å². The van der Waals surface area contributed by atoms with E-state index in [9.17, 15) is 4.79 Å². The molecule has 2 aliphatic rings. The summed E-state index contributed by atoms with van der Waals surface area (Å²) in [5.41, 5.74) is -0.374. The quantitative estimate of drug-likeness (QED) is 0.775. The van der Waals surface area contributed by atoms with E-state index in [4.69, 9.17) is 9.47 Å². The number of hydrogen-bond donors (Lipinski definition) is 0. The maximum absolute atomic E-state index is 12.0. The monoisotopic (exact) mass is 283 g/mol. The topological polar surface area (TPSA) is 38.8 Å². The van der Waals surface area contributed by atoms with E-state index in [-0.39, 0.29) is 11.7 Å². The lowest BCUT2D eigenvalue weighted by atomic mass is 9.88. The lowest BCUT2D eigenvalue weighted by Crippen LogP contribution is -2.48. The number of carbonyl (C=O) groups excluding carboxylic acids is 1. The lowest BCUT2D eigenvalue weighted by Gasteiger charge is -2.39. The Balaban J connectivity index is 1.82. The molecule has 2 rings (SSSR count). The van der Waals surface area contributed by atoms with E-state index in [1.807, 2.05) is 25.7 Å². The summed E-state index contributed by atoms with van der Waals surface area (Å²) in [5, 5.41) is 0. The minimum atomic E-state index is -0.414. The summed E-state index contributed by atoms with van der Waals surface area (Å²) in [5.74, 6) is 0. The van der Waals surface area contributed by atoms with Crippen LogP contribution < -0.4 is 0 Å². The van der Waals surface area contributed by atoms with Crippen LogP contribution in [0.5, 0.6) is 0 Å². The minimum absolute atomic E-state index is 0.0400. The first-order valence-electron chi connectivity index (χ1n) is 7.99. The van der Waals surface area contributed by atoms with Crippen molar-refractivity contribution >= 4 is 6.09 Å². The van der Waals surface area contributed by atoms with Gasteiger partial charge in [0.15, 0.2) is 0 Å². The largest absolute Gasteiger partial charge is 0.444 e. The second-order valence-corrected chi connectivity index (χ2v) is 7.22. The Kier molecular flexibility index (Phi) is 4.62. The SMILES string of the molecule is CCCC1CCC2(CCN(C(=O)OC(C)(C)C)CC2)O1. The smallest absolute Gasteiger partial charge is 0.410 e. The van der Waals surface area contributed by atoms with Crippen molar-refractivity contribution in [1.82, 2.24) is 4.90 Å². The van der Waals surface area contributed by atoms with E-state index in [0.29, 0.717) is 6.10 Å². The molecule has 20 heavy (non-hydrogen) atoms. The van der Waals surface area contributed by atoms with Gasteiger partial charge in [-0.15, -0.1) is 0 Å². The summed E-state index contributed by atoms with van der Waals surface area (Å²) in [7, 11) is 0. The molecule has 0 N–H and O–H groups in total. The molecule has 2 aliphatic heterocycles. The van der Waals surface area contributed by atoms with Crippen molar-refractivity contribution in [2.45, 2.75) is 83.5 Å². The van der Waals surface area contributed by atoms with Crippen molar-refractivity contribution in [2.24, 2.45) is 0 Å². The number of rotatable bonds is 2. The second kappa shape index (κ2) is 5.92. The van der Waals surface area contributed by atoms with E-state index in [1.54, 1.807) is 0 Å². The van der Waals surface area contributed by atoms with Gasteiger partial charge in [-0.1, -0.05) is 13.3 Å². The molecule has 1 amide bonds. The highest BCUT2D eigenvalue weighted by molar-refractivity contribution is 5.68. The van der Waals surface area contributed by atoms with Gasteiger partial charge in [-0.05, 0) is 52.9 Å². The summed E-state index contributed by atoms with van der Waals surface area (Å²) < 4.78 is 11.7. The van der Waals surface area contributed by atoms with Crippen molar-refractivity contribution in [2.75, 3.05) is 13.1 Å². The van der Waals surface area contributed by atoms with Gasteiger partial charge in [0.2, 0.25) is 0 Å². The zero-order chi connectivity index (χ0) is 14.8. The average Bonchev–Trinajstić information content (AvgIpc) is 2.71. The van der Waals surface area contributed by atoms with Crippen LogP contribution in [-0.4, -0.2) is 41.4 Å². The molecule has 0 aromatic rings. The molecule has 0 aromatic carbocycles. The number of likely N-dealkylation sites (tertiary alicyclic amines) is 1. The highest BCUT2D eigenvalue weighted by Crippen LogP contribution is 2.40. The van der Waals surface area contributed by atoms with E-state index in [0.717, 1.165) is 38.8 Å². The minimum Gasteiger partial charge on any atom is -0.444 e. The summed E-state index contributed by atoms with van der Waals surface area (Å²) in [6.45, 7) is 9.45. The van der Waals surface area contributed by atoms with Crippen molar-refractivity contribution in [3.63, 3.8) is 0 Å². The fraction of sp³-hybridized carbons (Fsp3) is 0.938. The number of carbonyl (C=O) groups is 1. The highest BCUT2D eigenvalue weighted by Gasteiger charge is 2.43. The Hall–Kier alpha value is -0.770. The Morgan fingerprint density at radius 3 is 2.50 bits per heavy atom. The third kappa shape index (κ3) is 3.87. The molecule has 4 nitrogen and oxygen atoms in total. The van der Waals surface area contributed by atoms with Crippen LogP contribution in [0.15, 0.2) is 0 Å². The number of piperidine rings is 1. The zero-order valence-corrected chi connectivity index (χ0v) is 13.4. The predicted octanol–water partition coefficient (Wildman–Crippen LogP) is 3.74. The third-order valence-electron chi connectivity index (χ3n) is 4.28. The van der Waals surface area contributed by atoms with Crippen molar-refractivity contribution in [1.29, 1.82) is 0 Å². The molecule has 1 spiro atoms. The molecule has 116 valence electrons. The van der Waals surface area contributed by atoms with E-state index < -0.39 is 5.60 Å². The van der Waals surface area contributed by atoms with Crippen LogP contribution >= 0.6 is 0 Å². The summed E-state index contributed by atoms with van der Waals surface area (Å²) in [4.78, 5) is 13.9. The number of hydrogen-bond acceptors (Lipinski definition) is 3. The molecule has 2 saturated heterocycles.